The first kappa shape index (κ1) is 14.8. The van der Waals surface area contributed by atoms with Crippen molar-refractivity contribution in [2.45, 2.75) is 25.8 Å². The zero-order valence-electron chi connectivity index (χ0n) is 12.4. The van der Waals surface area contributed by atoms with Crippen LogP contribution in [0.2, 0.25) is 0 Å². The van der Waals surface area contributed by atoms with E-state index < -0.39 is 0 Å². The lowest BCUT2D eigenvalue weighted by Crippen LogP contribution is -2.41. The molecule has 1 aromatic carbocycles. The maximum absolute atomic E-state index is 12.1. The Labute approximate surface area is 134 Å². The third-order valence-corrected chi connectivity index (χ3v) is 4.44. The molecular formula is C17H18N2O2S. The first-order valence-electron chi connectivity index (χ1n) is 7.35. The summed E-state index contributed by atoms with van der Waals surface area (Å²) in [6.45, 7) is 2.39. The van der Waals surface area contributed by atoms with Crippen molar-refractivity contribution < 1.29 is 9.53 Å². The predicted molar refractivity (Wildman–Crippen MR) is 88.3 cm³/mol. The van der Waals surface area contributed by atoms with Gasteiger partial charge in [0.1, 0.15) is 12.4 Å². The SMILES string of the molecule is CC(COc1ccccc1)N1N=C(c2cccs2)CCC1=O. The Morgan fingerprint density at radius 3 is 2.77 bits per heavy atom. The highest BCUT2D eigenvalue weighted by molar-refractivity contribution is 7.12. The van der Waals surface area contributed by atoms with Crippen LogP contribution in [0.1, 0.15) is 24.6 Å². The minimum atomic E-state index is -0.0945. The number of carbonyl (C=O) groups excluding carboxylic acids is 1. The van der Waals surface area contributed by atoms with Crippen LogP contribution in [0.4, 0.5) is 0 Å². The molecule has 1 atom stereocenters. The quantitative estimate of drug-likeness (QED) is 0.847. The zero-order valence-corrected chi connectivity index (χ0v) is 13.3. The molecule has 2 heterocycles. The van der Waals surface area contributed by atoms with Crippen LogP contribution in [-0.4, -0.2) is 29.3 Å². The summed E-state index contributed by atoms with van der Waals surface area (Å²) in [5, 5.41) is 8.15. The number of para-hydroxylation sites is 1. The molecule has 2 aromatic rings. The number of nitrogens with zero attached hydrogens (tertiary/aromatic N) is 2. The summed E-state index contributed by atoms with van der Waals surface area (Å²) < 4.78 is 5.73. The molecule has 1 aliphatic rings. The van der Waals surface area contributed by atoms with Gasteiger partial charge in [0.25, 0.3) is 0 Å². The van der Waals surface area contributed by atoms with Gasteiger partial charge in [-0.05, 0) is 30.5 Å². The Morgan fingerprint density at radius 2 is 2.05 bits per heavy atom. The van der Waals surface area contributed by atoms with Crippen molar-refractivity contribution in [3.8, 4) is 5.75 Å². The van der Waals surface area contributed by atoms with E-state index in [9.17, 15) is 4.79 Å². The van der Waals surface area contributed by atoms with Gasteiger partial charge in [0.05, 0.1) is 16.6 Å². The number of ether oxygens (including phenoxy) is 1. The zero-order chi connectivity index (χ0) is 15.4. The smallest absolute Gasteiger partial charge is 0.243 e. The number of amides is 1. The molecule has 4 nitrogen and oxygen atoms in total. The Balaban J connectivity index is 1.68. The molecule has 0 saturated carbocycles. The van der Waals surface area contributed by atoms with Gasteiger partial charge in [-0.2, -0.15) is 5.10 Å². The Morgan fingerprint density at radius 1 is 1.23 bits per heavy atom. The molecule has 0 aliphatic carbocycles. The number of hydrazone groups is 1. The van der Waals surface area contributed by atoms with Crippen molar-refractivity contribution in [2.75, 3.05) is 6.61 Å². The Hall–Kier alpha value is -2.14. The number of hydrogen-bond acceptors (Lipinski definition) is 4. The van der Waals surface area contributed by atoms with Crippen molar-refractivity contribution in [2.24, 2.45) is 5.10 Å². The van der Waals surface area contributed by atoms with E-state index in [1.165, 1.54) is 0 Å². The number of rotatable bonds is 5. The summed E-state index contributed by atoms with van der Waals surface area (Å²) in [5.74, 6) is 0.866. The second-order valence-corrected chi connectivity index (χ2v) is 6.18. The molecule has 0 bridgehead atoms. The number of benzene rings is 1. The minimum Gasteiger partial charge on any atom is -0.491 e. The molecule has 0 spiro atoms. The predicted octanol–water partition coefficient (Wildman–Crippen LogP) is 3.54. The van der Waals surface area contributed by atoms with Crippen LogP contribution in [0.5, 0.6) is 5.75 Å². The Bertz CT molecular complexity index is 653. The van der Waals surface area contributed by atoms with E-state index in [0.29, 0.717) is 19.4 Å². The van der Waals surface area contributed by atoms with Crippen LogP contribution < -0.4 is 4.74 Å². The number of carbonyl (C=O) groups is 1. The van der Waals surface area contributed by atoms with Gasteiger partial charge < -0.3 is 4.74 Å². The molecule has 1 unspecified atom stereocenters. The first-order chi connectivity index (χ1) is 10.7. The summed E-state index contributed by atoms with van der Waals surface area (Å²) in [4.78, 5) is 13.3. The first-order valence-corrected chi connectivity index (χ1v) is 8.23. The highest BCUT2D eigenvalue weighted by Gasteiger charge is 2.26. The van der Waals surface area contributed by atoms with Gasteiger partial charge in [-0.25, -0.2) is 5.01 Å². The number of thiophene rings is 1. The monoisotopic (exact) mass is 314 g/mol. The van der Waals surface area contributed by atoms with Crippen LogP contribution in [0, 0.1) is 0 Å². The fourth-order valence-corrected chi connectivity index (χ4v) is 3.08. The summed E-state index contributed by atoms with van der Waals surface area (Å²) >= 11 is 1.65. The maximum Gasteiger partial charge on any atom is 0.243 e. The van der Waals surface area contributed by atoms with E-state index in [4.69, 9.17) is 4.74 Å². The van der Waals surface area contributed by atoms with Gasteiger partial charge >= 0.3 is 0 Å². The molecule has 1 aliphatic heterocycles. The summed E-state index contributed by atoms with van der Waals surface area (Å²) in [6, 6.07) is 13.6. The van der Waals surface area contributed by atoms with Crippen LogP contribution in [-0.2, 0) is 4.79 Å². The average molecular weight is 314 g/mol. The second kappa shape index (κ2) is 6.75. The molecule has 1 aromatic heterocycles. The molecule has 3 rings (SSSR count). The molecule has 0 N–H and O–H groups in total. The lowest BCUT2D eigenvalue weighted by molar-refractivity contribution is -0.134. The summed E-state index contributed by atoms with van der Waals surface area (Å²) in [7, 11) is 0. The normalized spacial score (nSPS) is 16.3. The van der Waals surface area contributed by atoms with Crippen molar-refractivity contribution in [3.63, 3.8) is 0 Å². The van der Waals surface area contributed by atoms with E-state index in [1.54, 1.807) is 16.3 Å². The molecule has 22 heavy (non-hydrogen) atoms. The van der Waals surface area contributed by atoms with Crippen molar-refractivity contribution in [3.05, 3.63) is 52.7 Å². The largest absolute Gasteiger partial charge is 0.491 e. The van der Waals surface area contributed by atoms with E-state index >= 15 is 0 Å². The average Bonchev–Trinajstić information content (AvgIpc) is 3.08. The number of hydrogen-bond donors (Lipinski definition) is 0. The molecule has 114 valence electrons. The van der Waals surface area contributed by atoms with Gasteiger partial charge in [-0.1, -0.05) is 24.3 Å². The minimum absolute atomic E-state index is 0.0597. The van der Waals surface area contributed by atoms with Crippen LogP contribution in [0.3, 0.4) is 0 Å². The van der Waals surface area contributed by atoms with Gasteiger partial charge in [0, 0.05) is 12.8 Å². The fraction of sp³-hybridized carbons (Fsp3) is 0.294. The highest BCUT2D eigenvalue weighted by atomic mass is 32.1. The lowest BCUT2D eigenvalue weighted by Gasteiger charge is -2.28. The molecular weight excluding hydrogens is 296 g/mol. The van der Waals surface area contributed by atoms with E-state index in [1.807, 2.05) is 54.8 Å². The molecule has 0 fully saturated rings. The van der Waals surface area contributed by atoms with E-state index in [0.717, 1.165) is 16.3 Å². The third kappa shape index (κ3) is 3.36. The second-order valence-electron chi connectivity index (χ2n) is 5.24. The highest BCUT2D eigenvalue weighted by Crippen LogP contribution is 2.21. The third-order valence-electron chi connectivity index (χ3n) is 3.52. The van der Waals surface area contributed by atoms with E-state index in [-0.39, 0.29) is 11.9 Å². The van der Waals surface area contributed by atoms with Gasteiger partial charge in [-0.15, -0.1) is 11.3 Å². The molecule has 1 amide bonds. The maximum atomic E-state index is 12.1. The van der Waals surface area contributed by atoms with Crippen LogP contribution in [0.15, 0.2) is 52.9 Å². The van der Waals surface area contributed by atoms with Crippen molar-refractivity contribution in [1.29, 1.82) is 0 Å². The van der Waals surface area contributed by atoms with Crippen LogP contribution >= 0.6 is 11.3 Å². The van der Waals surface area contributed by atoms with Gasteiger partial charge in [0.15, 0.2) is 0 Å². The van der Waals surface area contributed by atoms with Crippen molar-refractivity contribution in [1.82, 2.24) is 5.01 Å². The standard InChI is InChI=1S/C17H18N2O2S/c1-13(12-21-14-6-3-2-4-7-14)19-17(20)10-9-15(18-19)16-8-5-11-22-16/h2-8,11,13H,9-10,12H2,1H3. The molecule has 0 saturated heterocycles. The van der Waals surface area contributed by atoms with Gasteiger partial charge in [-0.3, -0.25) is 4.79 Å². The lowest BCUT2D eigenvalue weighted by atomic mass is 10.1. The Kier molecular flexibility index (Phi) is 4.53. The van der Waals surface area contributed by atoms with Crippen molar-refractivity contribution >= 4 is 23.0 Å². The van der Waals surface area contributed by atoms with Gasteiger partial charge in [0.2, 0.25) is 5.91 Å². The van der Waals surface area contributed by atoms with E-state index in [2.05, 4.69) is 5.10 Å². The molecule has 5 heteroatoms. The van der Waals surface area contributed by atoms with Crippen LogP contribution in [0.25, 0.3) is 0 Å². The molecule has 0 radical (unpaired) electrons. The summed E-state index contributed by atoms with van der Waals surface area (Å²) in [6.07, 6.45) is 1.22. The topological polar surface area (TPSA) is 41.9 Å². The fourth-order valence-electron chi connectivity index (χ4n) is 2.34. The summed E-state index contributed by atoms with van der Waals surface area (Å²) in [5.41, 5.74) is 0.987.